The molecule has 2 aliphatic heterocycles. The molecule has 1 N–H and O–H groups in total. The molecule has 0 aromatic heterocycles. The maximum atomic E-state index is 13.7. The number of hydrogen-bond acceptors (Lipinski definition) is 5. The van der Waals surface area contributed by atoms with Crippen molar-refractivity contribution in [3.8, 4) is 5.75 Å². The molecule has 2 amide bonds. The number of hydrogen-bond donors (Lipinski definition) is 1. The topological polar surface area (TPSA) is 65.1 Å². The van der Waals surface area contributed by atoms with Crippen molar-refractivity contribution in [1.82, 2.24) is 4.90 Å². The van der Waals surface area contributed by atoms with E-state index in [0.717, 1.165) is 75.7 Å². The Morgan fingerprint density at radius 3 is 2.17 bits per heavy atom. The Labute approximate surface area is 250 Å². The first-order valence-corrected chi connectivity index (χ1v) is 15.5. The lowest BCUT2D eigenvalue weighted by Gasteiger charge is -2.38. The van der Waals surface area contributed by atoms with E-state index in [1.54, 1.807) is 7.11 Å². The van der Waals surface area contributed by atoms with Crippen LogP contribution in [0.1, 0.15) is 71.7 Å². The van der Waals surface area contributed by atoms with Crippen molar-refractivity contribution in [2.24, 2.45) is 0 Å². The predicted molar refractivity (Wildman–Crippen MR) is 171 cm³/mol. The van der Waals surface area contributed by atoms with Gasteiger partial charge >= 0.3 is 0 Å². The molecular weight excluding hydrogens is 524 g/mol. The Hall–Kier alpha value is -4.00. The summed E-state index contributed by atoms with van der Waals surface area (Å²) < 4.78 is 5.58. The van der Waals surface area contributed by atoms with Crippen LogP contribution in [0.4, 0.5) is 17.1 Å². The molecule has 0 spiro atoms. The van der Waals surface area contributed by atoms with Crippen LogP contribution in [0.15, 0.2) is 66.7 Å². The fourth-order valence-corrected chi connectivity index (χ4v) is 6.01. The van der Waals surface area contributed by atoms with E-state index in [1.807, 2.05) is 53.4 Å². The number of methoxy groups -OCH3 is 1. The number of para-hydroxylation sites is 2. The molecule has 42 heavy (non-hydrogen) atoms. The molecule has 3 aromatic carbocycles. The number of rotatable bonds is 11. The van der Waals surface area contributed by atoms with E-state index in [2.05, 4.69) is 40.2 Å². The molecule has 7 heteroatoms. The van der Waals surface area contributed by atoms with E-state index in [-0.39, 0.29) is 11.8 Å². The Balaban J connectivity index is 1.29. The minimum absolute atomic E-state index is 0.0400. The van der Waals surface area contributed by atoms with Crippen LogP contribution in [0.2, 0.25) is 0 Å². The summed E-state index contributed by atoms with van der Waals surface area (Å²) in [6.45, 7) is 7.00. The van der Waals surface area contributed by atoms with Crippen molar-refractivity contribution in [1.29, 1.82) is 0 Å². The maximum Gasteiger partial charge on any atom is 0.256 e. The summed E-state index contributed by atoms with van der Waals surface area (Å²) in [6, 6.07) is 21.8. The van der Waals surface area contributed by atoms with E-state index in [1.165, 1.54) is 31.2 Å². The summed E-state index contributed by atoms with van der Waals surface area (Å²) in [5.74, 6) is 0.751. The largest absolute Gasteiger partial charge is 0.495 e. The van der Waals surface area contributed by atoms with Gasteiger partial charge in [0.15, 0.2) is 0 Å². The van der Waals surface area contributed by atoms with Gasteiger partial charge in [0.2, 0.25) is 0 Å². The normalized spacial score (nSPS) is 15.1. The third-order valence-corrected chi connectivity index (χ3v) is 8.46. The Bertz CT molecular complexity index is 1340. The number of ether oxygens (including phenoxy) is 1. The second kappa shape index (κ2) is 14.3. The van der Waals surface area contributed by atoms with Crippen LogP contribution < -0.4 is 19.9 Å². The number of unbranched alkanes of at least 4 members (excludes halogenated alkanes) is 3. The molecule has 2 heterocycles. The lowest BCUT2D eigenvalue weighted by atomic mass is 10.0. The van der Waals surface area contributed by atoms with Gasteiger partial charge in [0, 0.05) is 56.2 Å². The first-order valence-electron chi connectivity index (χ1n) is 15.5. The van der Waals surface area contributed by atoms with Gasteiger partial charge in [0.25, 0.3) is 11.8 Å². The molecule has 2 fully saturated rings. The quantitative estimate of drug-likeness (QED) is 0.263. The zero-order valence-corrected chi connectivity index (χ0v) is 25.1. The number of carbonyl (C=O) groups excluding carboxylic acids is 2. The molecule has 0 radical (unpaired) electrons. The highest BCUT2D eigenvalue weighted by atomic mass is 16.5. The second-order valence-corrected chi connectivity index (χ2v) is 11.3. The van der Waals surface area contributed by atoms with Gasteiger partial charge in [-0.3, -0.25) is 9.59 Å². The lowest BCUT2D eigenvalue weighted by Crippen LogP contribution is -2.47. The summed E-state index contributed by atoms with van der Waals surface area (Å²) >= 11 is 0. The molecule has 0 unspecified atom stereocenters. The molecule has 5 rings (SSSR count). The Morgan fingerprint density at radius 2 is 1.48 bits per heavy atom. The number of nitrogens with zero attached hydrogens (tertiary/aromatic N) is 3. The van der Waals surface area contributed by atoms with Gasteiger partial charge in [-0.1, -0.05) is 50.5 Å². The zero-order valence-electron chi connectivity index (χ0n) is 25.1. The third kappa shape index (κ3) is 7.07. The standard InChI is InChI=1S/C35H44N4O3/c1-3-4-5-6-11-27-14-16-28(17-15-27)34(40)36-29-18-19-31(30(26-29)35(41)39-20-9-10-21-39)37-22-24-38(25-23-37)32-12-7-8-13-33(32)42-2/h7-8,12-19,26H,3-6,9-11,20-25H2,1-2H3,(H,36,40). The highest BCUT2D eigenvalue weighted by Gasteiger charge is 2.27. The van der Waals surface area contributed by atoms with E-state index >= 15 is 0 Å². The van der Waals surface area contributed by atoms with Crippen molar-refractivity contribution in [2.75, 3.05) is 61.5 Å². The van der Waals surface area contributed by atoms with Crippen LogP contribution in [-0.4, -0.2) is 63.1 Å². The minimum atomic E-state index is -0.162. The molecule has 0 atom stereocenters. The van der Waals surface area contributed by atoms with E-state index in [9.17, 15) is 9.59 Å². The van der Waals surface area contributed by atoms with Crippen molar-refractivity contribution in [3.05, 3.63) is 83.4 Å². The van der Waals surface area contributed by atoms with Crippen LogP contribution in [0.3, 0.4) is 0 Å². The fraction of sp³-hybridized carbons (Fsp3) is 0.429. The average Bonchev–Trinajstić information content (AvgIpc) is 3.58. The van der Waals surface area contributed by atoms with E-state index in [0.29, 0.717) is 16.8 Å². The van der Waals surface area contributed by atoms with Gasteiger partial charge in [-0.05, 0) is 73.7 Å². The Kier molecular flexibility index (Phi) is 10.0. The number of aryl methyl sites for hydroxylation is 1. The number of nitrogens with one attached hydrogen (secondary N) is 1. The number of piperazine rings is 1. The minimum Gasteiger partial charge on any atom is -0.495 e. The molecular formula is C35H44N4O3. The van der Waals surface area contributed by atoms with Gasteiger partial charge in [-0.2, -0.15) is 0 Å². The van der Waals surface area contributed by atoms with Gasteiger partial charge in [0.1, 0.15) is 5.75 Å². The predicted octanol–water partition coefficient (Wildman–Crippen LogP) is 6.63. The first-order chi connectivity index (χ1) is 20.6. The second-order valence-electron chi connectivity index (χ2n) is 11.3. The third-order valence-electron chi connectivity index (χ3n) is 8.46. The van der Waals surface area contributed by atoms with Crippen LogP contribution in [0, 0.1) is 0 Å². The summed E-state index contributed by atoms with van der Waals surface area (Å²) in [5.41, 5.74) is 5.20. The molecule has 2 aliphatic rings. The maximum absolute atomic E-state index is 13.7. The molecule has 7 nitrogen and oxygen atoms in total. The van der Waals surface area contributed by atoms with E-state index in [4.69, 9.17) is 4.74 Å². The van der Waals surface area contributed by atoms with Crippen molar-refractivity contribution in [3.63, 3.8) is 0 Å². The average molecular weight is 569 g/mol. The summed E-state index contributed by atoms with van der Waals surface area (Å²) in [4.78, 5) is 33.4. The van der Waals surface area contributed by atoms with Gasteiger partial charge in [-0.25, -0.2) is 0 Å². The fourth-order valence-electron chi connectivity index (χ4n) is 6.01. The number of likely N-dealkylation sites (tertiary alicyclic amines) is 1. The van der Waals surface area contributed by atoms with Crippen molar-refractivity contribution < 1.29 is 14.3 Å². The Morgan fingerprint density at radius 1 is 0.786 bits per heavy atom. The molecule has 2 saturated heterocycles. The SMILES string of the molecule is CCCCCCc1ccc(C(=O)Nc2ccc(N3CCN(c4ccccc4OC)CC3)c(C(=O)N3CCCC3)c2)cc1. The van der Waals surface area contributed by atoms with Crippen molar-refractivity contribution >= 4 is 28.9 Å². The summed E-state index contributed by atoms with van der Waals surface area (Å²) in [7, 11) is 1.70. The number of benzene rings is 3. The highest BCUT2D eigenvalue weighted by Crippen LogP contribution is 2.32. The van der Waals surface area contributed by atoms with Crippen LogP contribution in [0.5, 0.6) is 5.75 Å². The zero-order chi connectivity index (χ0) is 29.3. The molecule has 3 aromatic rings. The molecule has 0 saturated carbocycles. The van der Waals surface area contributed by atoms with Crippen molar-refractivity contribution in [2.45, 2.75) is 51.9 Å². The molecule has 0 aliphatic carbocycles. The molecule has 222 valence electrons. The van der Waals surface area contributed by atoms with Gasteiger partial charge in [0.05, 0.1) is 18.4 Å². The van der Waals surface area contributed by atoms with Crippen LogP contribution in [0.25, 0.3) is 0 Å². The lowest BCUT2D eigenvalue weighted by molar-refractivity contribution is 0.0793. The summed E-state index contributed by atoms with van der Waals surface area (Å²) in [6.07, 6.45) is 8.01. The van der Waals surface area contributed by atoms with E-state index < -0.39 is 0 Å². The first kappa shape index (κ1) is 29.5. The number of carbonyl (C=O) groups is 2. The highest BCUT2D eigenvalue weighted by molar-refractivity contribution is 6.06. The summed E-state index contributed by atoms with van der Waals surface area (Å²) in [5, 5.41) is 3.04. The number of amides is 2. The smallest absolute Gasteiger partial charge is 0.256 e. The van der Waals surface area contributed by atoms with Gasteiger partial charge < -0.3 is 24.8 Å². The molecule has 0 bridgehead atoms. The monoisotopic (exact) mass is 568 g/mol. The van der Waals surface area contributed by atoms with Crippen LogP contribution in [-0.2, 0) is 6.42 Å². The van der Waals surface area contributed by atoms with Gasteiger partial charge in [-0.15, -0.1) is 0 Å². The van der Waals surface area contributed by atoms with Crippen LogP contribution >= 0.6 is 0 Å². The number of anilines is 3.